The summed E-state index contributed by atoms with van der Waals surface area (Å²) in [5.74, 6) is 0.274. The number of unbranched alkanes of at least 4 members (excludes halogenated alkanes) is 4. The summed E-state index contributed by atoms with van der Waals surface area (Å²) in [5.41, 5.74) is 5.61. The summed E-state index contributed by atoms with van der Waals surface area (Å²) >= 11 is 0. The summed E-state index contributed by atoms with van der Waals surface area (Å²) < 4.78 is 5.58. The van der Waals surface area contributed by atoms with Crippen LogP contribution in [0.25, 0.3) is 11.1 Å². The molecule has 0 aliphatic carbocycles. The fourth-order valence-corrected chi connectivity index (χ4v) is 3.84. The molecule has 0 aliphatic rings. The second kappa shape index (κ2) is 12.1. The second-order valence-corrected chi connectivity index (χ2v) is 8.18. The van der Waals surface area contributed by atoms with E-state index >= 15 is 0 Å². The van der Waals surface area contributed by atoms with E-state index in [0.29, 0.717) is 11.3 Å². The Bertz CT molecular complexity index is 939. The Morgan fingerprint density at radius 1 is 0.710 bits per heavy atom. The minimum absolute atomic E-state index is 0.318. The fraction of sp³-hybridized carbons (Fsp3) is 0.345. The van der Waals surface area contributed by atoms with Crippen LogP contribution >= 0.6 is 0 Å². The number of aryl methyl sites for hydroxylation is 2. The van der Waals surface area contributed by atoms with E-state index in [1.807, 2.05) is 36.4 Å². The number of benzene rings is 3. The Hall–Kier alpha value is -2.87. The molecule has 2 nitrogen and oxygen atoms in total. The van der Waals surface area contributed by atoms with E-state index in [9.17, 15) is 4.79 Å². The van der Waals surface area contributed by atoms with E-state index in [0.717, 1.165) is 18.4 Å². The van der Waals surface area contributed by atoms with Crippen LogP contribution in [0.3, 0.4) is 0 Å². The largest absolute Gasteiger partial charge is 0.423 e. The normalized spacial score (nSPS) is 10.8. The number of hydrogen-bond acceptors (Lipinski definition) is 2. The van der Waals surface area contributed by atoms with Crippen LogP contribution in [0.4, 0.5) is 0 Å². The predicted molar refractivity (Wildman–Crippen MR) is 130 cm³/mol. The molecule has 0 spiro atoms. The van der Waals surface area contributed by atoms with Gasteiger partial charge in [-0.3, -0.25) is 0 Å². The molecule has 0 amide bonds. The van der Waals surface area contributed by atoms with E-state index in [4.69, 9.17) is 4.74 Å². The zero-order chi connectivity index (χ0) is 21.9. The summed E-state index contributed by atoms with van der Waals surface area (Å²) in [5, 5.41) is 0. The summed E-state index contributed by atoms with van der Waals surface area (Å²) in [6, 6.07) is 24.2. The molecular formula is C29H34O2. The van der Waals surface area contributed by atoms with Gasteiger partial charge in [0.1, 0.15) is 5.75 Å². The summed E-state index contributed by atoms with van der Waals surface area (Å²) in [6.07, 6.45) is 9.50. The lowest BCUT2D eigenvalue weighted by Gasteiger charge is -2.11. The molecule has 3 rings (SSSR count). The molecule has 0 fully saturated rings. The van der Waals surface area contributed by atoms with Crippen molar-refractivity contribution in [3.8, 4) is 16.9 Å². The van der Waals surface area contributed by atoms with Crippen LogP contribution in [0.1, 0.15) is 73.9 Å². The van der Waals surface area contributed by atoms with Gasteiger partial charge in [0.2, 0.25) is 0 Å². The third-order valence-corrected chi connectivity index (χ3v) is 5.70. The van der Waals surface area contributed by atoms with E-state index in [-0.39, 0.29) is 5.97 Å². The Kier molecular flexibility index (Phi) is 8.90. The van der Waals surface area contributed by atoms with Gasteiger partial charge in [0, 0.05) is 0 Å². The van der Waals surface area contributed by atoms with Crippen molar-refractivity contribution in [3.05, 3.63) is 89.5 Å². The van der Waals surface area contributed by atoms with Crippen molar-refractivity contribution in [1.29, 1.82) is 0 Å². The highest BCUT2D eigenvalue weighted by Gasteiger charge is 2.10. The Balaban J connectivity index is 1.63. The van der Waals surface area contributed by atoms with Gasteiger partial charge in [-0.05, 0) is 72.2 Å². The van der Waals surface area contributed by atoms with Gasteiger partial charge in [-0.1, -0.05) is 88.1 Å². The molecule has 0 aliphatic heterocycles. The van der Waals surface area contributed by atoms with Crippen molar-refractivity contribution in [1.82, 2.24) is 0 Å². The molecule has 3 aromatic carbocycles. The van der Waals surface area contributed by atoms with Gasteiger partial charge in [0.05, 0.1) is 5.56 Å². The first kappa shape index (κ1) is 22.8. The zero-order valence-electron chi connectivity index (χ0n) is 18.9. The molecular weight excluding hydrogens is 380 g/mol. The van der Waals surface area contributed by atoms with Crippen molar-refractivity contribution in [3.63, 3.8) is 0 Å². The first-order valence-electron chi connectivity index (χ1n) is 11.7. The Labute approximate surface area is 187 Å². The minimum atomic E-state index is -0.318. The van der Waals surface area contributed by atoms with Gasteiger partial charge in [0.25, 0.3) is 0 Å². The molecule has 31 heavy (non-hydrogen) atoms. The van der Waals surface area contributed by atoms with Gasteiger partial charge >= 0.3 is 5.97 Å². The quantitative estimate of drug-likeness (QED) is 0.180. The lowest BCUT2D eigenvalue weighted by Crippen LogP contribution is -2.08. The average Bonchev–Trinajstić information content (AvgIpc) is 2.81. The fourth-order valence-electron chi connectivity index (χ4n) is 3.84. The van der Waals surface area contributed by atoms with Crippen molar-refractivity contribution < 1.29 is 9.53 Å². The molecule has 0 heterocycles. The Morgan fingerprint density at radius 3 is 2.03 bits per heavy atom. The van der Waals surface area contributed by atoms with Gasteiger partial charge < -0.3 is 4.74 Å². The smallest absolute Gasteiger partial charge is 0.343 e. The first-order chi connectivity index (χ1) is 15.2. The van der Waals surface area contributed by atoms with Crippen LogP contribution in [0.2, 0.25) is 0 Å². The number of hydrogen-bond donors (Lipinski definition) is 0. The van der Waals surface area contributed by atoms with Gasteiger partial charge in [-0.25, -0.2) is 4.79 Å². The predicted octanol–water partition coefficient (Wildman–Crippen LogP) is 8.04. The SMILES string of the molecule is CCCCCc1ccc(OC(=O)c2ccc(-c3ccccc3CCCCC)cc2)cc1. The number of carbonyl (C=O) groups is 1. The minimum Gasteiger partial charge on any atom is -0.423 e. The van der Waals surface area contributed by atoms with Crippen LogP contribution in [0, 0.1) is 0 Å². The summed E-state index contributed by atoms with van der Waals surface area (Å²) in [4.78, 5) is 12.6. The molecule has 0 saturated carbocycles. The van der Waals surface area contributed by atoms with E-state index in [2.05, 4.69) is 50.2 Å². The van der Waals surface area contributed by atoms with E-state index in [1.54, 1.807) is 0 Å². The van der Waals surface area contributed by atoms with Gasteiger partial charge in [0.15, 0.2) is 0 Å². The molecule has 0 radical (unpaired) electrons. The highest BCUT2D eigenvalue weighted by molar-refractivity contribution is 5.91. The van der Waals surface area contributed by atoms with Crippen LogP contribution in [-0.2, 0) is 12.8 Å². The average molecular weight is 415 g/mol. The number of rotatable bonds is 11. The molecule has 2 heteroatoms. The number of esters is 1. The van der Waals surface area contributed by atoms with E-state index < -0.39 is 0 Å². The monoisotopic (exact) mass is 414 g/mol. The molecule has 0 aromatic heterocycles. The third-order valence-electron chi connectivity index (χ3n) is 5.70. The van der Waals surface area contributed by atoms with E-state index in [1.165, 1.54) is 55.2 Å². The number of ether oxygens (including phenoxy) is 1. The van der Waals surface area contributed by atoms with Gasteiger partial charge in [-0.2, -0.15) is 0 Å². The maximum atomic E-state index is 12.6. The molecule has 162 valence electrons. The molecule has 0 N–H and O–H groups in total. The zero-order valence-corrected chi connectivity index (χ0v) is 18.9. The lowest BCUT2D eigenvalue weighted by molar-refractivity contribution is 0.0734. The van der Waals surface area contributed by atoms with Crippen LogP contribution < -0.4 is 4.74 Å². The van der Waals surface area contributed by atoms with Crippen molar-refractivity contribution >= 4 is 5.97 Å². The number of carbonyl (C=O) groups excluding carboxylic acids is 1. The van der Waals surface area contributed by atoms with Crippen molar-refractivity contribution in [2.24, 2.45) is 0 Å². The van der Waals surface area contributed by atoms with Crippen molar-refractivity contribution in [2.45, 2.75) is 65.2 Å². The Morgan fingerprint density at radius 2 is 1.35 bits per heavy atom. The maximum absolute atomic E-state index is 12.6. The molecule has 3 aromatic rings. The third kappa shape index (κ3) is 6.82. The molecule has 0 atom stereocenters. The molecule has 0 bridgehead atoms. The second-order valence-electron chi connectivity index (χ2n) is 8.18. The van der Waals surface area contributed by atoms with Crippen molar-refractivity contribution in [2.75, 3.05) is 0 Å². The van der Waals surface area contributed by atoms with Crippen LogP contribution in [0.15, 0.2) is 72.8 Å². The standard InChI is InChI=1S/C29H34O2/c1-3-5-7-11-23-15-21-27(22-16-23)31-29(30)26-19-17-25(18-20-26)28-14-10-9-13-24(28)12-8-6-4-2/h9-10,13-22H,3-8,11-12H2,1-2H3. The summed E-state index contributed by atoms with van der Waals surface area (Å²) in [7, 11) is 0. The molecule has 0 saturated heterocycles. The topological polar surface area (TPSA) is 26.3 Å². The van der Waals surface area contributed by atoms with Crippen LogP contribution in [-0.4, -0.2) is 5.97 Å². The first-order valence-corrected chi connectivity index (χ1v) is 11.7. The summed E-state index contributed by atoms with van der Waals surface area (Å²) in [6.45, 7) is 4.44. The van der Waals surface area contributed by atoms with Gasteiger partial charge in [-0.15, -0.1) is 0 Å². The highest BCUT2D eigenvalue weighted by atomic mass is 16.5. The van der Waals surface area contributed by atoms with Crippen LogP contribution in [0.5, 0.6) is 5.75 Å². The molecule has 0 unspecified atom stereocenters. The highest BCUT2D eigenvalue weighted by Crippen LogP contribution is 2.26. The lowest BCUT2D eigenvalue weighted by atomic mass is 9.95. The maximum Gasteiger partial charge on any atom is 0.343 e.